The molecule has 0 spiro atoms. The lowest BCUT2D eigenvalue weighted by atomic mass is 9.99. The van der Waals surface area contributed by atoms with Crippen LogP contribution >= 0.6 is 15.6 Å². The Kier molecular flexibility index (Phi) is 62.2. The van der Waals surface area contributed by atoms with Gasteiger partial charge in [-0.05, 0) is 49.4 Å². The number of esters is 4. The zero-order valence-electron chi connectivity index (χ0n) is 60.9. The van der Waals surface area contributed by atoms with Gasteiger partial charge in [-0.2, -0.15) is 0 Å². The molecule has 0 bridgehead atoms. The van der Waals surface area contributed by atoms with Crippen LogP contribution in [0.2, 0.25) is 0 Å². The number of aliphatic hydroxyl groups is 1. The predicted octanol–water partition coefficient (Wildman–Crippen LogP) is 21.3. The van der Waals surface area contributed by atoms with Gasteiger partial charge in [-0.3, -0.25) is 37.3 Å². The molecule has 0 saturated heterocycles. The van der Waals surface area contributed by atoms with Gasteiger partial charge in [0.15, 0.2) is 12.2 Å². The molecule has 93 heavy (non-hydrogen) atoms. The maximum Gasteiger partial charge on any atom is 0.472 e. The molecule has 0 aliphatic rings. The average Bonchev–Trinajstić information content (AvgIpc) is 2.37. The van der Waals surface area contributed by atoms with Crippen LogP contribution in [0.15, 0.2) is 0 Å². The first-order valence-corrected chi connectivity index (χ1v) is 41.3. The largest absolute Gasteiger partial charge is 0.472 e. The van der Waals surface area contributed by atoms with Crippen LogP contribution in [-0.2, 0) is 65.4 Å². The number of unbranched alkanes of at least 4 members (excludes halogenated alkanes) is 35. The van der Waals surface area contributed by atoms with Crippen LogP contribution in [0.4, 0.5) is 0 Å². The monoisotopic (exact) mass is 1370 g/mol. The van der Waals surface area contributed by atoms with Gasteiger partial charge in [0.1, 0.15) is 19.3 Å². The molecule has 0 saturated carbocycles. The third-order valence-electron chi connectivity index (χ3n) is 17.8. The SMILES string of the molecule is CCC(C)CCCCCCCCCCCCCCCCCCCCC(=O)O[C@H](COC(=O)CCCCCCCCC(C)C)COP(=O)(O)OCC(O)COP(=O)(O)OC[C@@H](COC(=O)CCCCCCCCCC(C)C)OC(=O)CCCCCCCCCCC(C)CC. The van der Waals surface area contributed by atoms with E-state index in [2.05, 4.69) is 55.4 Å². The van der Waals surface area contributed by atoms with Gasteiger partial charge >= 0.3 is 39.5 Å². The molecular formula is C74H144O17P2. The van der Waals surface area contributed by atoms with Gasteiger partial charge in [0.05, 0.1) is 26.4 Å². The lowest BCUT2D eigenvalue weighted by Gasteiger charge is -2.21. The number of carbonyl (C=O) groups is 4. The molecule has 0 amide bonds. The van der Waals surface area contributed by atoms with E-state index in [1.165, 1.54) is 161 Å². The minimum Gasteiger partial charge on any atom is -0.462 e. The van der Waals surface area contributed by atoms with Crippen molar-refractivity contribution in [3.05, 3.63) is 0 Å². The third-order valence-corrected chi connectivity index (χ3v) is 19.7. The summed E-state index contributed by atoms with van der Waals surface area (Å²) in [5.41, 5.74) is 0. The average molecular weight is 1370 g/mol. The fourth-order valence-corrected chi connectivity index (χ4v) is 12.7. The van der Waals surface area contributed by atoms with E-state index >= 15 is 0 Å². The second-order valence-electron chi connectivity index (χ2n) is 28.1. The van der Waals surface area contributed by atoms with E-state index in [1.807, 2.05) is 0 Å². The van der Waals surface area contributed by atoms with Crippen LogP contribution in [0.5, 0.6) is 0 Å². The van der Waals surface area contributed by atoms with E-state index in [0.29, 0.717) is 37.5 Å². The molecule has 0 aliphatic carbocycles. The van der Waals surface area contributed by atoms with Gasteiger partial charge < -0.3 is 33.8 Å². The molecule has 5 unspecified atom stereocenters. The Morgan fingerprint density at radius 2 is 0.516 bits per heavy atom. The predicted molar refractivity (Wildman–Crippen MR) is 377 cm³/mol. The topological polar surface area (TPSA) is 237 Å². The van der Waals surface area contributed by atoms with E-state index < -0.39 is 97.5 Å². The fraction of sp³-hybridized carbons (Fsp3) is 0.946. The quantitative estimate of drug-likeness (QED) is 0.0222. The number of aliphatic hydroxyl groups excluding tert-OH is 1. The summed E-state index contributed by atoms with van der Waals surface area (Å²) in [6.07, 6.45) is 47.5. The molecule has 7 atom stereocenters. The van der Waals surface area contributed by atoms with E-state index in [9.17, 15) is 43.2 Å². The van der Waals surface area contributed by atoms with Crippen molar-refractivity contribution in [2.75, 3.05) is 39.6 Å². The molecule has 0 fully saturated rings. The summed E-state index contributed by atoms with van der Waals surface area (Å²) in [4.78, 5) is 72.6. The highest BCUT2D eigenvalue weighted by atomic mass is 31.2. The Morgan fingerprint density at radius 1 is 0.301 bits per heavy atom. The molecule has 0 heterocycles. The molecular weight excluding hydrogens is 1220 g/mol. The Hall–Kier alpha value is -1.94. The summed E-state index contributed by atoms with van der Waals surface area (Å²) in [7, 11) is -9.91. The van der Waals surface area contributed by atoms with E-state index in [1.54, 1.807) is 0 Å². The van der Waals surface area contributed by atoms with Crippen molar-refractivity contribution < 1.29 is 80.2 Å². The normalized spacial score (nSPS) is 14.8. The molecule has 0 aromatic rings. The number of phosphoric ester groups is 2. The van der Waals surface area contributed by atoms with Gasteiger partial charge in [-0.15, -0.1) is 0 Å². The summed E-state index contributed by atoms with van der Waals surface area (Å²) < 4.78 is 68.3. The van der Waals surface area contributed by atoms with Crippen LogP contribution in [0, 0.1) is 23.7 Å². The third kappa shape index (κ3) is 65.8. The summed E-state index contributed by atoms with van der Waals surface area (Å²) in [6, 6.07) is 0. The van der Waals surface area contributed by atoms with Crippen molar-refractivity contribution in [3.8, 4) is 0 Å². The second kappa shape index (κ2) is 63.5. The molecule has 552 valence electrons. The molecule has 0 rings (SSSR count). The summed E-state index contributed by atoms with van der Waals surface area (Å²) in [6.45, 7) is 14.1. The van der Waals surface area contributed by atoms with Gasteiger partial charge in [-0.25, -0.2) is 9.13 Å². The zero-order chi connectivity index (χ0) is 68.9. The summed E-state index contributed by atoms with van der Waals surface area (Å²) in [5.74, 6) is 0.895. The fourth-order valence-electron chi connectivity index (χ4n) is 11.1. The highest BCUT2D eigenvalue weighted by molar-refractivity contribution is 7.47. The number of rotatable bonds is 71. The van der Waals surface area contributed by atoms with Gasteiger partial charge in [0.2, 0.25) is 0 Å². The van der Waals surface area contributed by atoms with Crippen molar-refractivity contribution in [2.24, 2.45) is 23.7 Å². The van der Waals surface area contributed by atoms with Crippen LogP contribution in [0.25, 0.3) is 0 Å². The number of hydrogen-bond donors (Lipinski definition) is 3. The zero-order valence-corrected chi connectivity index (χ0v) is 62.7. The second-order valence-corrected chi connectivity index (χ2v) is 31.0. The van der Waals surface area contributed by atoms with Crippen molar-refractivity contribution in [3.63, 3.8) is 0 Å². The highest BCUT2D eigenvalue weighted by Gasteiger charge is 2.30. The lowest BCUT2D eigenvalue weighted by molar-refractivity contribution is -0.161. The Bertz CT molecular complexity index is 1840. The Labute approximate surface area is 568 Å². The number of hydrogen-bond acceptors (Lipinski definition) is 15. The van der Waals surface area contributed by atoms with Crippen LogP contribution < -0.4 is 0 Å². The smallest absolute Gasteiger partial charge is 0.462 e. The minimum absolute atomic E-state index is 0.104. The van der Waals surface area contributed by atoms with Crippen LogP contribution in [0.1, 0.15) is 370 Å². The minimum atomic E-state index is -4.95. The van der Waals surface area contributed by atoms with Crippen molar-refractivity contribution in [1.82, 2.24) is 0 Å². The maximum absolute atomic E-state index is 13.0. The first-order valence-electron chi connectivity index (χ1n) is 38.3. The molecule has 19 heteroatoms. The van der Waals surface area contributed by atoms with Crippen molar-refractivity contribution >= 4 is 39.5 Å². The molecule has 0 aromatic carbocycles. The number of ether oxygens (including phenoxy) is 4. The number of carbonyl (C=O) groups excluding carboxylic acids is 4. The van der Waals surface area contributed by atoms with Crippen molar-refractivity contribution in [2.45, 2.75) is 388 Å². The highest BCUT2D eigenvalue weighted by Crippen LogP contribution is 2.45. The first-order chi connectivity index (χ1) is 44.7. The van der Waals surface area contributed by atoms with Gasteiger partial charge in [0, 0.05) is 25.7 Å². The van der Waals surface area contributed by atoms with E-state index in [0.717, 1.165) is 115 Å². The maximum atomic E-state index is 13.0. The molecule has 0 aromatic heterocycles. The first kappa shape index (κ1) is 91.1. The van der Waals surface area contributed by atoms with Crippen LogP contribution in [0.3, 0.4) is 0 Å². The van der Waals surface area contributed by atoms with Gasteiger partial charge in [0.25, 0.3) is 0 Å². The lowest BCUT2D eigenvalue weighted by Crippen LogP contribution is -2.30. The van der Waals surface area contributed by atoms with Crippen LogP contribution in [-0.4, -0.2) is 96.7 Å². The van der Waals surface area contributed by atoms with Crippen molar-refractivity contribution in [1.29, 1.82) is 0 Å². The molecule has 0 radical (unpaired) electrons. The molecule has 3 N–H and O–H groups in total. The van der Waals surface area contributed by atoms with E-state index in [-0.39, 0.29) is 25.7 Å². The molecule has 0 aliphatic heterocycles. The molecule has 17 nitrogen and oxygen atoms in total. The number of phosphoric acid groups is 2. The van der Waals surface area contributed by atoms with Gasteiger partial charge in [-0.1, -0.05) is 319 Å². The summed E-state index contributed by atoms with van der Waals surface area (Å²) >= 11 is 0. The van der Waals surface area contributed by atoms with E-state index in [4.69, 9.17) is 37.0 Å². The Balaban J connectivity index is 5.14. The standard InChI is InChI=1S/C74H144O17P2/c1-9-66(7)52-44-36-27-21-19-17-15-13-11-12-14-16-18-20-22-29-40-48-56-73(78)90-70(61-85-72(77)55-47-39-33-32-35-43-51-65(5)6)63-89-93(82,83)87-59-68(75)58-86-92(80,81)88-62-69(60-84-71(76)54-46-38-31-25-26-34-42-50-64(3)4)91-74(79)57-49-41-30-24-23-28-37-45-53-67(8)10-2/h64-70,75H,9-63H2,1-8H3,(H,80,81)(H,82,83)/t66?,67?,68?,69-,70-/m1/s1. The Morgan fingerprint density at radius 3 is 0.763 bits per heavy atom. The summed E-state index contributed by atoms with van der Waals surface area (Å²) in [5, 5.41) is 10.6.